The lowest BCUT2D eigenvalue weighted by atomic mass is 9.95. The molecule has 3 aromatic rings. The first-order valence-corrected chi connectivity index (χ1v) is 17.5. The highest BCUT2D eigenvalue weighted by molar-refractivity contribution is 7.90. The van der Waals surface area contributed by atoms with E-state index >= 15 is 0 Å². The summed E-state index contributed by atoms with van der Waals surface area (Å²) in [5.74, 6) is 3.74. The molecule has 2 saturated carbocycles. The molecular formula is C32H41N7O5S. The summed E-state index contributed by atoms with van der Waals surface area (Å²) in [5, 5.41) is 7.46. The number of nitrogens with zero attached hydrogens (tertiary/aromatic N) is 5. The van der Waals surface area contributed by atoms with Crippen LogP contribution in [0.1, 0.15) is 62.7 Å². The standard InChI is InChI=1S/C32H41N7O5S/c1-32(2)18-21-19-38(32)30-25(31(40)37-45(41,42)29-5-3-4-26(34-29)33-14-17-43-20-21)10-11-27(35-30)39-15-12-28(36-39)44-16-13-24(22-6-7-22)23-8-9-23/h3-5,10-12,15,21-24H,6-9,13-14,16-20H2,1-2H3,(H,33,34)(H,37,40). The number of nitrogens with one attached hydrogen (secondary N) is 2. The minimum atomic E-state index is -4.26. The van der Waals surface area contributed by atoms with Crippen molar-refractivity contribution in [2.24, 2.45) is 23.7 Å². The Morgan fingerprint density at radius 3 is 2.67 bits per heavy atom. The number of carbonyl (C=O) groups excluding carboxylic acids is 1. The van der Waals surface area contributed by atoms with Crippen molar-refractivity contribution >= 4 is 27.6 Å². The number of hydrogen-bond donors (Lipinski definition) is 2. The van der Waals surface area contributed by atoms with Crippen molar-refractivity contribution < 1.29 is 22.7 Å². The van der Waals surface area contributed by atoms with E-state index in [1.165, 1.54) is 31.7 Å². The van der Waals surface area contributed by atoms with Crippen LogP contribution in [0.25, 0.3) is 5.82 Å². The number of pyridine rings is 2. The maximum Gasteiger partial charge on any atom is 0.281 e. The Morgan fingerprint density at radius 2 is 1.89 bits per heavy atom. The van der Waals surface area contributed by atoms with Gasteiger partial charge < -0.3 is 19.7 Å². The van der Waals surface area contributed by atoms with Crippen molar-refractivity contribution in [2.75, 3.05) is 43.1 Å². The van der Waals surface area contributed by atoms with Gasteiger partial charge in [-0.15, -0.1) is 5.10 Å². The molecule has 0 spiro atoms. The summed E-state index contributed by atoms with van der Waals surface area (Å²) in [4.78, 5) is 24.9. The lowest BCUT2D eigenvalue weighted by molar-refractivity contribution is 0.0981. The van der Waals surface area contributed by atoms with Gasteiger partial charge in [0.15, 0.2) is 10.8 Å². The number of rotatable bonds is 7. The first-order chi connectivity index (χ1) is 21.7. The number of hydrogen-bond acceptors (Lipinski definition) is 10. The number of aromatic nitrogens is 4. The van der Waals surface area contributed by atoms with E-state index in [4.69, 9.17) is 14.5 Å². The number of anilines is 2. The maximum atomic E-state index is 13.7. The van der Waals surface area contributed by atoms with Gasteiger partial charge in [-0.05, 0) is 94.4 Å². The Bertz CT molecular complexity index is 1660. The third-order valence-electron chi connectivity index (χ3n) is 9.41. The van der Waals surface area contributed by atoms with Gasteiger partial charge in [-0.1, -0.05) is 6.07 Å². The van der Waals surface area contributed by atoms with Gasteiger partial charge in [0, 0.05) is 36.8 Å². The molecule has 2 aliphatic heterocycles. The third-order valence-corrected chi connectivity index (χ3v) is 10.6. The highest BCUT2D eigenvalue weighted by Gasteiger charge is 2.42. The number of amides is 1. The highest BCUT2D eigenvalue weighted by Crippen LogP contribution is 2.50. The number of carbonyl (C=O) groups is 1. The van der Waals surface area contributed by atoms with Crippen molar-refractivity contribution in [3.05, 3.63) is 48.2 Å². The van der Waals surface area contributed by atoms with Crippen LogP contribution in [-0.2, 0) is 14.8 Å². The Labute approximate surface area is 264 Å². The average molecular weight is 636 g/mol. The molecule has 2 aliphatic carbocycles. The van der Waals surface area contributed by atoms with Crippen LogP contribution in [0, 0.1) is 23.7 Å². The zero-order chi connectivity index (χ0) is 31.2. The summed E-state index contributed by atoms with van der Waals surface area (Å²) in [7, 11) is -4.26. The van der Waals surface area contributed by atoms with E-state index in [1.807, 2.05) is 6.07 Å². The van der Waals surface area contributed by atoms with Crippen LogP contribution < -0.4 is 19.7 Å². The van der Waals surface area contributed by atoms with E-state index in [0.717, 1.165) is 30.6 Å². The molecule has 1 amide bonds. The fourth-order valence-corrected chi connectivity index (χ4v) is 7.87. The molecule has 0 radical (unpaired) electrons. The molecule has 3 aromatic heterocycles. The van der Waals surface area contributed by atoms with Gasteiger partial charge in [-0.3, -0.25) is 4.79 Å². The molecule has 0 aromatic carbocycles. The van der Waals surface area contributed by atoms with Crippen LogP contribution in [-0.4, -0.2) is 72.5 Å². The minimum absolute atomic E-state index is 0.146. The van der Waals surface area contributed by atoms with Gasteiger partial charge in [0.1, 0.15) is 11.6 Å². The van der Waals surface area contributed by atoms with Gasteiger partial charge in [0.2, 0.25) is 5.88 Å². The summed E-state index contributed by atoms with van der Waals surface area (Å²) >= 11 is 0. The molecule has 12 nitrogen and oxygen atoms in total. The third kappa shape index (κ3) is 6.64. The first kappa shape index (κ1) is 30.0. The van der Waals surface area contributed by atoms with Crippen molar-refractivity contribution in [3.8, 4) is 11.7 Å². The molecule has 5 heterocycles. The van der Waals surface area contributed by atoms with Crippen LogP contribution in [0.2, 0.25) is 0 Å². The topological polar surface area (TPSA) is 141 Å². The lowest BCUT2D eigenvalue weighted by Gasteiger charge is -2.33. The second-order valence-electron chi connectivity index (χ2n) is 13.4. The Kier molecular flexibility index (Phi) is 7.93. The smallest absolute Gasteiger partial charge is 0.281 e. The molecule has 4 bridgehead atoms. The average Bonchev–Trinajstić information content (AvgIpc) is 3.95. The second kappa shape index (κ2) is 11.9. The van der Waals surface area contributed by atoms with Crippen molar-refractivity contribution in [1.29, 1.82) is 0 Å². The van der Waals surface area contributed by atoms with Gasteiger partial charge >= 0.3 is 0 Å². The van der Waals surface area contributed by atoms with Crippen molar-refractivity contribution in [3.63, 3.8) is 0 Å². The monoisotopic (exact) mass is 635 g/mol. The molecule has 1 atom stereocenters. The molecule has 1 saturated heterocycles. The van der Waals surface area contributed by atoms with Crippen molar-refractivity contribution in [1.82, 2.24) is 24.5 Å². The van der Waals surface area contributed by atoms with E-state index in [0.29, 0.717) is 56.2 Å². The maximum absolute atomic E-state index is 13.7. The quantitative estimate of drug-likeness (QED) is 0.391. The molecule has 1 unspecified atom stereocenters. The predicted octanol–water partition coefficient (Wildman–Crippen LogP) is 4.03. The fraction of sp³-hybridized carbons (Fsp3) is 0.562. The molecule has 3 fully saturated rings. The van der Waals surface area contributed by atoms with E-state index in [2.05, 4.69) is 38.9 Å². The van der Waals surface area contributed by atoms with E-state index in [-0.39, 0.29) is 22.0 Å². The molecule has 240 valence electrons. The summed E-state index contributed by atoms with van der Waals surface area (Å²) in [6, 6.07) is 9.71. The number of ether oxygens (including phenoxy) is 2. The summed E-state index contributed by atoms with van der Waals surface area (Å²) in [6.45, 7) is 6.89. The molecule has 45 heavy (non-hydrogen) atoms. The SMILES string of the molecule is CC1(C)CC2COCCNc3cccc(n3)S(=O)(=O)NC(=O)c3ccc(-n4ccc(OCCC(C5CC5)C5CC5)n4)nc3N1C2. The number of fused-ring (bicyclic) bond motifs is 6. The van der Waals surface area contributed by atoms with Crippen LogP contribution in [0.15, 0.2) is 47.6 Å². The largest absolute Gasteiger partial charge is 0.477 e. The highest BCUT2D eigenvalue weighted by atomic mass is 32.2. The number of sulfonamides is 1. The van der Waals surface area contributed by atoms with E-state index in [9.17, 15) is 13.2 Å². The molecular weight excluding hydrogens is 594 g/mol. The first-order valence-electron chi connectivity index (χ1n) is 16.0. The predicted molar refractivity (Wildman–Crippen MR) is 168 cm³/mol. The molecule has 4 aliphatic rings. The second-order valence-corrected chi connectivity index (χ2v) is 15.0. The van der Waals surface area contributed by atoms with Gasteiger partial charge in [-0.2, -0.15) is 8.42 Å². The Morgan fingerprint density at radius 1 is 1.09 bits per heavy atom. The van der Waals surface area contributed by atoms with E-state index in [1.54, 1.807) is 35.1 Å². The van der Waals surface area contributed by atoms with E-state index < -0.39 is 15.9 Å². The van der Waals surface area contributed by atoms with Crippen LogP contribution in [0.4, 0.5) is 11.6 Å². The van der Waals surface area contributed by atoms with Gasteiger partial charge in [0.25, 0.3) is 15.9 Å². The minimum Gasteiger partial charge on any atom is -0.477 e. The van der Waals surface area contributed by atoms with Crippen LogP contribution >= 0.6 is 0 Å². The molecule has 13 heteroatoms. The van der Waals surface area contributed by atoms with Crippen molar-refractivity contribution in [2.45, 2.75) is 62.9 Å². The zero-order valence-electron chi connectivity index (χ0n) is 25.8. The Balaban J connectivity index is 1.17. The lowest BCUT2D eigenvalue weighted by Crippen LogP contribution is -2.41. The summed E-state index contributed by atoms with van der Waals surface area (Å²) < 4.78 is 42.4. The molecule has 7 rings (SSSR count). The fourth-order valence-electron chi connectivity index (χ4n) is 6.93. The summed E-state index contributed by atoms with van der Waals surface area (Å²) in [5.41, 5.74) is -0.223. The van der Waals surface area contributed by atoms with Crippen LogP contribution in [0.3, 0.4) is 0 Å². The van der Waals surface area contributed by atoms with Gasteiger partial charge in [-0.25, -0.2) is 19.4 Å². The van der Waals surface area contributed by atoms with Gasteiger partial charge in [0.05, 0.1) is 25.4 Å². The summed E-state index contributed by atoms with van der Waals surface area (Å²) in [6.07, 6.45) is 9.08. The van der Waals surface area contributed by atoms with Crippen LogP contribution in [0.5, 0.6) is 5.88 Å². The normalized spacial score (nSPS) is 22.9. The molecule has 2 N–H and O–H groups in total. The Hall–Kier alpha value is -3.71. The zero-order valence-corrected chi connectivity index (χ0v) is 26.6.